The van der Waals surface area contributed by atoms with Crippen molar-refractivity contribution in [1.29, 1.82) is 0 Å². The molecule has 0 aromatic heterocycles. The molecular weight excluding hydrogens is 1140 g/mol. The highest BCUT2D eigenvalue weighted by Crippen LogP contribution is 2.45. The monoisotopic (exact) mass is 1270 g/mol. The molecule has 3 N–H and O–H groups in total. The molecule has 5 atom stereocenters. The van der Waals surface area contributed by atoms with E-state index in [1.54, 1.807) is 0 Å². The molecule has 0 radical (unpaired) electrons. The number of rotatable bonds is 67. The molecule has 0 saturated carbocycles. The molecule has 0 saturated heterocycles. The molecule has 0 bridgehead atoms. The van der Waals surface area contributed by atoms with Crippen LogP contribution >= 0.6 is 15.6 Å². The van der Waals surface area contributed by atoms with Crippen LogP contribution in [0.4, 0.5) is 0 Å². The van der Waals surface area contributed by atoms with Gasteiger partial charge in [-0.1, -0.05) is 291 Å². The predicted molar refractivity (Wildman–Crippen MR) is 345 cm³/mol. The molecule has 2 unspecified atom stereocenters. The molecule has 0 aromatic rings. The quantitative estimate of drug-likeness (QED) is 0.0222. The molecule has 86 heavy (non-hydrogen) atoms. The lowest BCUT2D eigenvalue weighted by molar-refractivity contribution is -0.161. The number of ether oxygens (including phenoxy) is 4. The van der Waals surface area contributed by atoms with Gasteiger partial charge in [-0.15, -0.1) is 0 Å². The van der Waals surface area contributed by atoms with E-state index < -0.39 is 97.5 Å². The zero-order valence-corrected chi connectivity index (χ0v) is 57.2. The second-order valence-electron chi connectivity index (χ2n) is 24.7. The van der Waals surface area contributed by atoms with E-state index in [9.17, 15) is 43.2 Å². The summed E-state index contributed by atoms with van der Waals surface area (Å²) in [6, 6.07) is 0. The molecular formula is C67H130O17P2. The van der Waals surface area contributed by atoms with Crippen LogP contribution in [0.3, 0.4) is 0 Å². The van der Waals surface area contributed by atoms with E-state index >= 15 is 0 Å². The predicted octanol–water partition coefficient (Wildman–Crippen LogP) is 19.0. The standard InChI is InChI=1S/C67H130O17P2/c1-6-9-12-15-18-21-23-25-27-29-32-35-41-46-51-65(70)78-56-62(83-66(71)52-47-42-36-33-30-28-26-24-22-19-16-13-10-7-2)58-81-85(73,74)79-54-61(68)55-80-86(75,76)82-59-63(84-67(72)53-48-43-38-37-39-44-49-60(4)5)57-77-64(69)50-45-40-34-31-20-17-14-11-8-3/h60-63,68H,6-59H2,1-5H3,(H,73,74)(H,75,76)/t61-,62-,63-/m1/s1. The number of unbranched alkanes of at least 4 members (excludes halogenated alkanes) is 39. The van der Waals surface area contributed by atoms with Crippen molar-refractivity contribution in [2.75, 3.05) is 39.6 Å². The van der Waals surface area contributed by atoms with Crippen molar-refractivity contribution >= 4 is 39.5 Å². The van der Waals surface area contributed by atoms with Gasteiger partial charge in [0.05, 0.1) is 26.4 Å². The molecule has 510 valence electrons. The summed E-state index contributed by atoms with van der Waals surface area (Å²) < 4.78 is 68.1. The number of phosphoric acid groups is 2. The van der Waals surface area contributed by atoms with Gasteiger partial charge in [0, 0.05) is 25.7 Å². The highest BCUT2D eigenvalue weighted by molar-refractivity contribution is 7.47. The van der Waals surface area contributed by atoms with Gasteiger partial charge in [0.15, 0.2) is 12.2 Å². The lowest BCUT2D eigenvalue weighted by Gasteiger charge is -2.21. The van der Waals surface area contributed by atoms with Gasteiger partial charge in [-0.3, -0.25) is 37.3 Å². The van der Waals surface area contributed by atoms with Crippen LogP contribution in [0.2, 0.25) is 0 Å². The minimum Gasteiger partial charge on any atom is -0.462 e. The molecule has 0 aliphatic rings. The summed E-state index contributed by atoms with van der Waals surface area (Å²) in [5, 5.41) is 10.6. The van der Waals surface area contributed by atoms with Crippen molar-refractivity contribution in [3.63, 3.8) is 0 Å². The lowest BCUT2D eigenvalue weighted by Crippen LogP contribution is -2.30. The number of aliphatic hydroxyl groups is 1. The first-order valence-electron chi connectivity index (χ1n) is 35.1. The minimum absolute atomic E-state index is 0.102. The van der Waals surface area contributed by atoms with Gasteiger partial charge >= 0.3 is 39.5 Å². The zero-order valence-electron chi connectivity index (χ0n) is 55.4. The van der Waals surface area contributed by atoms with Crippen molar-refractivity contribution in [3.8, 4) is 0 Å². The summed E-state index contributed by atoms with van der Waals surface area (Å²) in [5.74, 6) is -1.46. The fraction of sp³-hybridized carbons (Fsp3) is 0.940. The molecule has 0 aliphatic carbocycles. The number of esters is 4. The Hall–Kier alpha value is -1.94. The Morgan fingerprint density at radius 3 is 0.791 bits per heavy atom. The first kappa shape index (κ1) is 84.1. The van der Waals surface area contributed by atoms with E-state index in [-0.39, 0.29) is 25.7 Å². The second kappa shape index (κ2) is 60.6. The van der Waals surface area contributed by atoms with Gasteiger partial charge in [-0.05, 0) is 31.6 Å². The summed E-state index contributed by atoms with van der Waals surface area (Å²) in [7, 11) is -9.89. The first-order chi connectivity index (χ1) is 41.5. The maximum atomic E-state index is 13.0. The molecule has 0 spiro atoms. The van der Waals surface area contributed by atoms with E-state index in [1.807, 2.05) is 0 Å². The largest absolute Gasteiger partial charge is 0.472 e. The van der Waals surface area contributed by atoms with Crippen LogP contribution in [0, 0.1) is 5.92 Å². The minimum atomic E-state index is -4.95. The van der Waals surface area contributed by atoms with Crippen molar-refractivity contribution < 1.29 is 80.2 Å². The summed E-state index contributed by atoms with van der Waals surface area (Å²) in [5.41, 5.74) is 0. The van der Waals surface area contributed by atoms with Gasteiger partial charge in [0.25, 0.3) is 0 Å². The number of aliphatic hydroxyl groups excluding tert-OH is 1. The third-order valence-electron chi connectivity index (χ3n) is 15.5. The second-order valence-corrected chi connectivity index (χ2v) is 27.6. The molecule has 0 amide bonds. The van der Waals surface area contributed by atoms with Crippen LogP contribution in [-0.2, 0) is 65.4 Å². The Morgan fingerprint density at radius 1 is 0.314 bits per heavy atom. The summed E-state index contributed by atoms with van der Waals surface area (Å²) >= 11 is 0. The Balaban J connectivity index is 5.22. The summed E-state index contributed by atoms with van der Waals surface area (Å²) in [6.45, 7) is 7.12. The molecule has 0 heterocycles. The van der Waals surface area contributed by atoms with Crippen LogP contribution in [0.1, 0.15) is 343 Å². The Morgan fingerprint density at radius 2 is 0.535 bits per heavy atom. The van der Waals surface area contributed by atoms with Crippen LogP contribution in [-0.4, -0.2) is 96.7 Å². The number of hydrogen-bond donors (Lipinski definition) is 3. The Labute approximate surface area is 524 Å². The van der Waals surface area contributed by atoms with Gasteiger partial charge < -0.3 is 33.8 Å². The molecule has 0 aliphatic heterocycles. The van der Waals surface area contributed by atoms with Gasteiger partial charge in [0.1, 0.15) is 19.3 Å². The molecule has 0 rings (SSSR count). The van der Waals surface area contributed by atoms with Crippen LogP contribution < -0.4 is 0 Å². The number of carbonyl (C=O) groups is 4. The van der Waals surface area contributed by atoms with E-state index in [4.69, 9.17) is 37.0 Å². The van der Waals surface area contributed by atoms with Crippen LogP contribution in [0.15, 0.2) is 0 Å². The van der Waals surface area contributed by atoms with Crippen molar-refractivity contribution in [2.45, 2.75) is 361 Å². The summed E-state index contributed by atoms with van der Waals surface area (Å²) in [4.78, 5) is 72.3. The average Bonchev–Trinajstić information content (AvgIpc) is 3.58. The SMILES string of the molecule is CCCCCCCCCCCCCCCCC(=O)OC[C@H](COP(=O)(O)OC[C@@H](O)COP(=O)(O)OC[C@@H](COC(=O)CCCCCCCCCCC)OC(=O)CCCCCCCCC(C)C)OC(=O)CCCCCCCCCCCCCCCC. The van der Waals surface area contributed by atoms with E-state index in [2.05, 4.69) is 34.6 Å². The highest BCUT2D eigenvalue weighted by atomic mass is 31.2. The van der Waals surface area contributed by atoms with Crippen LogP contribution in [0.25, 0.3) is 0 Å². The van der Waals surface area contributed by atoms with Gasteiger partial charge in [0.2, 0.25) is 0 Å². The smallest absolute Gasteiger partial charge is 0.462 e. The topological polar surface area (TPSA) is 237 Å². The van der Waals surface area contributed by atoms with Crippen LogP contribution in [0.5, 0.6) is 0 Å². The average molecular weight is 1270 g/mol. The van der Waals surface area contributed by atoms with Crippen molar-refractivity contribution in [3.05, 3.63) is 0 Å². The maximum Gasteiger partial charge on any atom is 0.472 e. The Kier molecular flexibility index (Phi) is 59.2. The summed E-state index contributed by atoms with van der Waals surface area (Å²) in [6.07, 6.45) is 45.9. The van der Waals surface area contributed by atoms with Gasteiger partial charge in [-0.25, -0.2) is 9.13 Å². The van der Waals surface area contributed by atoms with Crippen molar-refractivity contribution in [2.24, 2.45) is 5.92 Å². The third kappa shape index (κ3) is 60.9. The number of phosphoric ester groups is 2. The van der Waals surface area contributed by atoms with Crippen molar-refractivity contribution in [1.82, 2.24) is 0 Å². The van der Waals surface area contributed by atoms with Gasteiger partial charge in [-0.2, -0.15) is 0 Å². The zero-order chi connectivity index (χ0) is 63.5. The van der Waals surface area contributed by atoms with E-state index in [0.29, 0.717) is 31.6 Å². The molecule has 0 aromatic carbocycles. The number of carbonyl (C=O) groups excluding carboxylic acids is 4. The molecule has 17 nitrogen and oxygen atoms in total. The Bertz CT molecular complexity index is 1670. The van der Waals surface area contributed by atoms with E-state index in [0.717, 1.165) is 89.9 Å². The molecule has 19 heteroatoms. The fourth-order valence-electron chi connectivity index (χ4n) is 10.1. The molecule has 0 fully saturated rings. The fourth-order valence-corrected chi connectivity index (χ4v) is 11.7. The van der Waals surface area contributed by atoms with E-state index in [1.165, 1.54) is 167 Å². The third-order valence-corrected chi connectivity index (χ3v) is 17.4. The first-order valence-corrected chi connectivity index (χ1v) is 38.1. The maximum absolute atomic E-state index is 13.0. The number of hydrogen-bond acceptors (Lipinski definition) is 15. The normalized spacial score (nSPS) is 14.2. The lowest BCUT2D eigenvalue weighted by atomic mass is 10.0. The highest BCUT2D eigenvalue weighted by Gasteiger charge is 2.30.